The largest absolute Gasteiger partial charge is 0.335 e. The summed E-state index contributed by atoms with van der Waals surface area (Å²) in [6.45, 7) is -0.216. The molecule has 2 aromatic carbocycles. The summed E-state index contributed by atoms with van der Waals surface area (Å²) in [7, 11) is 3.23. The SMILES string of the molecule is CSc1ccccc1NC(=O)CN(C)C(=O)Cn1c(=O)n(C)c2ccccc21. The zero-order chi connectivity index (χ0) is 20.3. The molecule has 0 fully saturated rings. The Morgan fingerprint density at radius 3 is 2.43 bits per heavy atom. The van der Waals surface area contributed by atoms with E-state index in [0.717, 1.165) is 10.4 Å². The van der Waals surface area contributed by atoms with E-state index in [1.807, 2.05) is 48.7 Å². The molecule has 0 aliphatic heterocycles. The highest BCUT2D eigenvalue weighted by atomic mass is 32.2. The third kappa shape index (κ3) is 3.96. The van der Waals surface area contributed by atoms with Crippen molar-refractivity contribution in [2.75, 3.05) is 25.2 Å². The Balaban J connectivity index is 1.69. The summed E-state index contributed by atoms with van der Waals surface area (Å²) < 4.78 is 2.93. The van der Waals surface area contributed by atoms with E-state index in [0.29, 0.717) is 11.2 Å². The summed E-state index contributed by atoms with van der Waals surface area (Å²) in [5.41, 5.74) is 1.90. The van der Waals surface area contributed by atoms with Crippen molar-refractivity contribution in [1.29, 1.82) is 0 Å². The molecule has 0 spiro atoms. The van der Waals surface area contributed by atoms with Crippen molar-refractivity contribution in [1.82, 2.24) is 14.0 Å². The molecule has 3 aromatic rings. The van der Waals surface area contributed by atoms with Gasteiger partial charge in [-0.3, -0.25) is 18.7 Å². The smallest absolute Gasteiger partial charge is 0.329 e. The van der Waals surface area contributed by atoms with Gasteiger partial charge in [-0.25, -0.2) is 4.79 Å². The minimum atomic E-state index is -0.313. The number of nitrogens with one attached hydrogen (secondary N) is 1. The number of anilines is 1. The fraction of sp³-hybridized carbons (Fsp3) is 0.250. The fourth-order valence-corrected chi connectivity index (χ4v) is 3.57. The summed E-state index contributed by atoms with van der Waals surface area (Å²) in [5.74, 6) is -0.602. The minimum Gasteiger partial charge on any atom is -0.335 e. The quantitative estimate of drug-likeness (QED) is 0.646. The first-order chi connectivity index (χ1) is 13.4. The number of likely N-dealkylation sites (N-methyl/N-ethyl adjacent to an activating group) is 1. The maximum absolute atomic E-state index is 12.6. The van der Waals surface area contributed by atoms with Crippen molar-refractivity contribution in [3.8, 4) is 0 Å². The normalized spacial score (nSPS) is 10.8. The van der Waals surface area contributed by atoms with Crippen LogP contribution in [0, 0.1) is 0 Å². The molecule has 3 rings (SSSR count). The zero-order valence-electron chi connectivity index (χ0n) is 16.0. The monoisotopic (exact) mass is 398 g/mol. The highest BCUT2D eigenvalue weighted by Crippen LogP contribution is 2.24. The Kier molecular flexibility index (Phi) is 5.89. The van der Waals surface area contributed by atoms with Gasteiger partial charge in [0, 0.05) is 19.0 Å². The average Bonchev–Trinajstić information content (AvgIpc) is 2.93. The average molecular weight is 398 g/mol. The van der Waals surface area contributed by atoms with Crippen LogP contribution in [0.15, 0.2) is 58.2 Å². The Morgan fingerprint density at radius 1 is 1.07 bits per heavy atom. The first-order valence-corrected chi connectivity index (χ1v) is 9.96. The molecule has 1 aromatic heterocycles. The highest BCUT2D eigenvalue weighted by Gasteiger charge is 2.18. The van der Waals surface area contributed by atoms with Gasteiger partial charge in [0.25, 0.3) is 0 Å². The van der Waals surface area contributed by atoms with Gasteiger partial charge in [-0.05, 0) is 30.5 Å². The molecule has 28 heavy (non-hydrogen) atoms. The maximum atomic E-state index is 12.6. The number of hydrogen-bond donors (Lipinski definition) is 1. The van der Waals surface area contributed by atoms with Gasteiger partial charge in [-0.15, -0.1) is 11.8 Å². The van der Waals surface area contributed by atoms with Crippen LogP contribution in [-0.4, -0.2) is 45.7 Å². The van der Waals surface area contributed by atoms with Crippen LogP contribution in [0.3, 0.4) is 0 Å². The van der Waals surface area contributed by atoms with Gasteiger partial charge in [0.15, 0.2) is 0 Å². The molecule has 0 bridgehead atoms. The van der Waals surface area contributed by atoms with Gasteiger partial charge in [-0.1, -0.05) is 24.3 Å². The van der Waals surface area contributed by atoms with E-state index in [-0.39, 0.29) is 30.6 Å². The van der Waals surface area contributed by atoms with E-state index in [1.165, 1.54) is 25.8 Å². The van der Waals surface area contributed by atoms with Crippen LogP contribution in [0.5, 0.6) is 0 Å². The lowest BCUT2D eigenvalue weighted by Crippen LogP contribution is -2.38. The Bertz CT molecular complexity index is 1090. The van der Waals surface area contributed by atoms with Crippen LogP contribution in [-0.2, 0) is 23.2 Å². The number of carbonyl (C=O) groups excluding carboxylic acids is 2. The number of hydrogen-bond acceptors (Lipinski definition) is 4. The molecule has 0 saturated carbocycles. The molecule has 0 unspecified atom stereocenters. The van der Waals surface area contributed by atoms with Gasteiger partial charge in [0.2, 0.25) is 11.8 Å². The molecule has 1 N–H and O–H groups in total. The van der Waals surface area contributed by atoms with Crippen LogP contribution >= 0.6 is 11.8 Å². The van der Waals surface area contributed by atoms with E-state index >= 15 is 0 Å². The number of amides is 2. The zero-order valence-corrected chi connectivity index (χ0v) is 16.8. The summed E-state index contributed by atoms with van der Waals surface area (Å²) >= 11 is 1.53. The number of nitrogens with zero attached hydrogens (tertiary/aromatic N) is 3. The molecular weight excluding hydrogens is 376 g/mol. The molecule has 0 atom stereocenters. The Morgan fingerprint density at radius 2 is 1.71 bits per heavy atom. The summed E-state index contributed by atoms with van der Waals surface area (Å²) in [5, 5.41) is 2.83. The van der Waals surface area contributed by atoms with E-state index in [9.17, 15) is 14.4 Å². The number of imidazole rings is 1. The van der Waals surface area contributed by atoms with E-state index in [1.54, 1.807) is 20.2 Å². The first-order valence-electron chi connectivity index (χ1n) is 8.73. The van der Waals surface area contributed by atoms with Gasteiger partial charge in [0.05, 0.1) is 23.3 Å². The highest BCUT2D eigenvalue weighted by molar-refractivity contribution is 7.98. The number of benzene rings is 2. The number of para-hydroxylation sites is 3. The Labute approximate surface area is 166 Å². The fourth-order valence-electron chi connectivity index (χ4n) is 3.01. The summed E-state index contributed by atoms with van der Waals surface area (Å²) in [6.07, 6.45) is 1.93. The molecule has 0 radical (unpaired) electrons. The van der Waals surface area contributed by atoms with Gasteiger partial charge in [0.1, 0.15) is 6.54 Å². The van der Waals surface area contributed by atoms with Crippen molar-refractivity contribution < 1.29 is 9.59 Å². The van der Waals surface area contributed by atoms with Crippen LogP contribution in [0.1, 0.15) is 0 Å². The number of carbonyl (C=O) groups is 2. The topological polar surface area (TPSA) is 76.3 Å². The predicted octanol–water partition coefficient (Wildman–Crippen LogP) is 2.16. The molecule has 2 amide bonds. The van der Waals surface area contributed by atoms with Crippen molar-refractivity contribution in [2.24, 2.45) is 7.05 Å². The summed E-state index contributed by atoms with van der Waals surface area (Å²) in [6, 6.07) is 14.8. The van der Waals surface area contributed by atoms with Crippen molar-refractivity contribution >= 4 is 40.3 Å². The van der Waals surface area contributed by atoms with Crippen molar-refractivity contribution in [2.45, 2.75) is 11.4 Å². The summed E-state index contributed by atoms with van der Waals surface area (Å²) in [4.78, 5) is 39.7. The number of fused-ring (bicyclic) bond motifs is 1. The lowest BCUT2D eigenvalue weighted by atomic mass is 10.3. The molecule has 0 saturated heterocycles. The standard InChI is InChI=1S/C20H22N4O3S/c1-22(12-18(25)21-14-8-4-7-11-17(14)28-3)19(26)13-24-16-10-6-5-9-15(16)23(2)20(24)27/h4-11H,12-13H2,1-3H3,(H,21,25). The molecule has 8 heteroatoms. The van der Waals surface area contributed by atoms with Crippen molar-refractivity contribution in [3.63, 3.8) is 0 Å². The first kappa shape index (κ1) is 19.8. The molecular formula is C20H22N4O3S. The number of thioether (sulfide) groups is 1. The molecule has 1 heterocycles. The maximum Gasteiger partial charge on any atom is 0.329 e. The number of rotatable bonds is 6. The second-order valence-corrected chi connectivity index (χ2v) is 7.26. The molecule has 0 aliphatic rings. The number of aromatic nitrogens is 2. The third-order valence-electron chi connectivity index (χ3n) is 4.53. The minimum absolute atomic E-state index is 0.0962. The molecule has 7 nitrogen and oxygen atoms in total. The lowest BCUT2D eigenvalue weighted by molar-refractivity contribution is -0.133. The van der Waals surface area contributed by atoms with E-state index < -0.39 is 0 Å². The van der Waals surface area contributed by atoms with E-state index in [2.05, 4.69) is 5.32 Å². The van der Waals surface area contributed by atoms with Gasteiger partial charge >= 0.3 is 5.69 Å². The molecule has 146 valence electrons. The number of aryl methyl sites for hydroxylation is 1. The second kappa shape index (κ2) is 8.35. The third-order valence-corrected chi connectivity index (χ3v) is 5.33. The van der Waals surface area contributed by atoms with Crippen LogP contribution < -0.4 is 11.0 Å². The molecule has 0 aliphatic carbocycles. The predicted molar refractivity (Wildman–Crippen MR) is 112 cm³/mol. The van der Waals surface area contributed by atoms with Gasteiger partial charge < -0.3 is 10.2 Å². The second-order valence-electron chi connectivity index (χ2n) is 6.41. The van der Waals surface area contributed by atoms with E-state index in [4.69, 9.17) is 0 Å². The van der Waals surface area contributed by atoms with Crippen LogP contribution in [0.2, 0.25) is 0 Å². The Hall–Kier alpha value is -3.00. The van der Waals surface area contributed by atoms with Crippen LogP contribution in [0.4, 0.5) is 5.69 Å². The van der Waals surface area contributed by atoms with Crippen LogP contribution in [0.25, 0.3) is 11.0 Å². The van der Waals surface area contributed by atoms with Crippen molar-refractivity contribution in [3.05, 3.63) is 59.0 Å². The lowest BCUT2D eigenvalue weighted by Gasteiger charge is -2.18. The van der Waals surface area contributed by atoms with Gasteiger partial charge in [-0.2, -0.15) is 0 Å².